The van der Waals surface area contributed by atoms with Crippen molar-refractivity contribution < 1.29 is 4.39 Å². The highest BCUT2D eigenvalue weighted by atomic mass is 35.5. The van der Waals surface area contributed by atoms with Crippen LogP contribution in [-0.2, 0) is 0 Å². The lowest BCUT2D eigenvalue weighted by atomic mass is 10.1. The standard InChI is InChI=1S/C11H9ClFN/c1-7-3-4-9(10(13)5-7)11(12)8(2)6-14/h3-5H,1-2H3/b11-8-. The molecule has 0 saturated carbocycles. The van der Waals surface area contributed by atoms with Crippen molar-refractivity contribution >= 4 is 16.6 Å². The first kappa shape index (κ1) is 10.7. The molecule has 0 fully saturated rings. The van der Waals surface area contributed by atoms with Crippen molar-refractivity contribution in [3.63, 3.8) is 0 Å². The average Bonchev–Trinajstić information content (AvgIpc) is 2.15. The highest BCUT2D eigenvalue weighted by Gasteiger charge is 2.08. The van der Waals surface area contributed by atoms with E-state index in [1.54, 1.807) is 26.0 Å². The van der Waals surface area contributed by atoms with E-state index in [2.05, 4.69) is 0 Å². The van der Waals surface area contributed by atoms with Crippen LogP contribution in [0.5, 0.6) is 0 Å². The number of aryl methyl sites for hydroxylation is 1. The van der Waals surface area contributed by atoms with Crippen LogP contribution in [0.3, 0.4) is 0 Å². The number of rotatable bonds is 1. The molecule has 72 valence electrons. The van der Waals surface area contributed by atoms with Crippen molar-refractivity contribution in [3.05, 3.63) is 40.7 Å². The average molecular weight is 210 g/mol. The molecule has 0 unspecified atom stereocenters. The molecule has 0 radical (unpaired) electrons. The Morgan fingerprint density at radius 1 is 1.50 bits per heavy atom. The summed E-state index contributed by atoms with van der Waals surface area (Å²) >= 11 is 5.83. The molecule has 0 aliphatic heterocycles. The maximum atomic E-state index is 13.4. The number of hydrogen-bond acceptors (Lipinski definition) is 1. The third kappa shape index (κ3) is 2.12. The molecule has 1 rings (SSSR count). The van der Waals surface area contributed by atoms with Gasteiger partial charge < -0.3 is 0 Å². The van der Waals surface area contributed by atoms with E-state index in [1.165, 1.54) is 6.07 Å². The minimum Gasteiger partial charge on any atom is -0.206 e. The van der Waals surface area contributed by atoms with Crippen LogP contribution < -0.4 is 0 Å². The molecule has 0 aliphatic rings. The Morgan fingerprint density at radius 3 is 2.64 bits per heavy atom. The molecule has 0 heterocycles. The van der Waals surface area contributed by atoms with Gasteiger partial charge in [0.25, 0.3) is 0 Å². The number of allylic oxidation sites excluding steroid dienone is 1. The number of halogens is 2. The first-order valence-electron chi connectivity index (χ1n) is 4.09. The second-order valence-corrected chi connectivity index (χ2v) is 3.41. The largest absolute Gasteiger partial charge is 0.206 e. The van der Waals surface area contributed by atoms with E-state index in [0.29, 0.717) is 5.57 Å². The van der Waals surface area contributed by atoms with E-state index in [4.69, 9.17) is 16.9 Å². The summed E-state index contributed by atoms with van der Waals surface area (Å²) in [5, 5.41) is 8.77. The van der Waals surface area contributed by atoms with Gasteiger partial charge in [-0.1, -0.05) is 23.7 Å². The summed E-state index contributed by atoms with van der Waals surface area (Å²) in [6.45, 7) is 3.35. The molecule has 0 bridgehead atoms. The zero-order valence-corrected chi connectivity index (χ0v) is 8.69. The highest BCUT2D eigenvalue weighted by molar-refractivity contribution is 6.49. The number of nitrogens with zero attached hydrogens (tertiary/aromatic N) is 1. The Morgan fingerprint density at radius 2 is 2.14 bits per heavy atom. The lowest BCUT2D eigenvalue weighted by Gasteiger charge is -2.03. The van der Waals surface area contributed by atoms with Crippen molar-refractivity contribution in [3.8, 4) is 6.07 Å². The zero-order valence-electron chi connectivity index (χ0n) is 7.94. The minimum atomic E-state index is -0.399. The van der Waals surface area contributed by atoms with E-state index >= 15 is 0 Å². The molecular weight excluding hydrogens is 201 g/mol. The normalized spacial score (nSPS) is 11.9. The minimum absolute atomic E-state index is 0.171. The molecule has 0 saturated heterocycles. The molecule has 0 amide bonds. The third-order valence-electron chi connectivity index (χ3n) is 1.86. The van der Waals surface area contributed by atoms with Crippen LogP contribution in [0.4, 0.5) is 4.39 Å². The summed E-state index contributed by atoms with van der Waals surface area (Å²) < 4.78 is 13.4. The van der Waals surface area contributed by atoms with Crippen LogP contribution in [0.1, 0.15) is 18.1 Å². The van der Waals surface area contributed by atoms with Crippen LogP contribution >= 0.6 is 11.6 Å². The molecule has 1 nitrogen and oxygen atoms in total. The molecule has 1 aromatic carbocycles. The van der Waals surface area contributed by atoms with Crippen molar-refractivity contribution in [2.45, 2.75) is 13.8 Å². The monoisotopic (exact) mass is 209 g/mol. The molecule has 3 heteroatoms. The van der Waals surface area contributed by atoms with Gasteiger partial charge in [0, 0.05) is 11.1 Å². The molecule has 0 atom stereocenters. The van der Waals surface area contributed by atoms with Gasteiger partial charge in [0.2, 0.25) is 0 Å². The SMILES string of the molecule is C/C(C#N)=C(/Cl)c1ccc(C)cc1F. The topological polar surface area (TPSA) is 23.8 Å². The smallest absolute Gasteiger partial charge is 0.132 e. The van der Waals surface area contributed by atoms with E-state index in [9.17, 15) is 4.39 Å². The lowest BCUT2D eigenvalue weighted by molar-refractivity contribution is 0.623. The summed E-state index contributed by atoms with van der Waals surface area (Å²) in [6.07, 6.45) is 0. The van der Waals surface area contributed by atoms with Gasteiger partial charge in [0.1, 0.15) is 5.82 Å². The summed E-state index contributed by atoms with van der Waals surface area (Å²) in [6, 6.07) is 6.61. The Bertz CT molecular complexity index is 429. The maximum Gasteiger partial charge on any atom is 0.132 e. The van der Waals surface area contributed by atoms with Crippen molar-refractivity contribution in [2.24, 2.45) is 0 Å². The highest BCUT2D eigenvalue weighted by Crippen LogP contribution is 2.25. The second-order valence-electron chi connectivity index (χ2n) is 3.03. The van der Waals surface area contributed by atoms with Crippen LogP contribution in [-0.4, -0.2) is 0 Å². The third-order valence-corrected chi connectivity index (χ3v) is 2.35. The Balaban J connectivity index is 3.29. The Hall–Kier alpha value is -1.33. The van der Waals surface area contributed by atoms with Crippen LogP contribution in [0.2, 0.25) is 0 Å². The molecule has 0 aliphatic carbocycles. The van der Waals surface area contributed by atoms with Crippen LogP contribution in [0.15, 0.2) is 23.8 Å². The second kappa shape index (κ2) is 4.26. The zero-order chi connectivity index (χ0) is 10.7. The van der Waals surface area contributed by atoms with E-state index in [1.807, 2.05) is 6.07 Å². The predicted octanol–water partition coefficient (Wildman–Crippen LogP) is 3.63. The van der Waals surface area contributed by atoms with Gasteiger partial charge in [0.15, 0.2) is 0 Å². The molecule has 1 aromatic rings. The van der Waals surface area contributed by atoms with Gasteiger partial charge in [-0.2, -0.15) is 5.26 Å². The first-order valence-corrected chi connectivity index (χ1v) is 4.47. The fourth-order valence-electron chi connectivity index (χ4n) is 1.05. The van der Waals surface area contributed by atoms with Crippen LogP contribution in [0.25, 0.3) is 5.03 Å². The summed E-state index contributed by atoms with van der Waals surface area (Å²) in [5.41, 5.74) is 1.41. The van der Waals surface area contributed by atoms with Gasteiger partial charge in [-0.05, 0) is 25.5 Å². The van der Waals surface area contributed by atoms with Gasteiger partial charge in [0.05, 0.1) is 11.1 Å². The number of hydrogen-bond donors (Lipinski definition) is 0. The van der Waals surface area contributed by atoms with Crippen molar-refractivity contribution in [1.82, 2.24) is 0 Å². The quantitative estimate of drug-likeness (QED) is 0.648. The van der Waals surface area contributed by atoms with Crippen molar-refractivity contribution in [1.29, 1.82) is 5.26 Å². The summed E-state index contributed by atoms with van der Waals surface area (Å²) in [5.74, 6) is -0.399. The summed E-state index contributed by atoms with van der Waals surface area (Å²) in [4.78, 5) is 0. The van der Waals surface area contributed by atoms with Gasteiger partial charge >= 0.3 is 0 Å². The van der Waals surface area contributed by atoms with E-state index < -0.39 is 5.82 Å². The Kier molecular flexibility index (Phi) is 3.27. The first-order chi connectivity index (χ1) is 6.56. The molecule has 0 aromatic heterocycles. The van der Waals surface area contributed by atoms with Crippen molar-refractivity contribution in [2.75, 3.05) is 0 Å². The fourth-order valence-corrected chi connectivity index (χ4v) is 1.24. The molecule has 0 spiro atoms. The lowest BCUT2D eigenvalue weighted by Crippen LogP contribution is -1.88. The van der Waals surface area contributed by atoms with Gasteiger partial charge in [-0.25, -0.2) is 4.39 Å². The van der Waals surface area contributed by atoms with Gasteiger partial charge in [-0.15, -0.1) is 0 Å². The molecule has 0 N–H and O–H groups in total. The number of nitriles is 1. The van der Waals surface area contributed by atoms with E-state index in [-0.39, 0.29) is 10.6 Å². The summed E-state index contributed by atoms with van der Waals surface area (Å²) in [7, 11) is 0. The fraction of sp³-hybridized carbons (Fsp3) is 0.182. The van der Waals surface area contributed by atoms with Gasteiger partial charge in [-0.3, -0.25) is 0 Å². The number of benzene rings is 1. The molecular formula is C11H9ClFN. The maximum absolute atomic E-state index is 13.4. The predicted molar refractivity (Wildman–Crippen MR) is 55.2 cm³/mol. The van der Waals surface area contributed by atoms with E-state index in [0.717, 1.165) is 5.56 Å². The van der Waals surface area contributed by atoms with Crippen LogP contribution in [0, 0.1) is 24.1 Å². The Labute approximate surface area is 87.4 Å². The molecule has 14 heavy (non-hydrogen) atoms.